The number of carbonyl (C=O) groups is 1. The average Bonchev–Trinajstić information content (AvgIpc) is 2.83. The summed E-state index contributed by atoms with van der Waals surface area (Å²) in [4.78, 5) is 21.0. The lowest BCUT2D eigenvalue weighted by Crippen LogP contribution is -2.56. The van der Waals surface area contributed by atoms with Crippen LogP contribution in [0.25, 0.3) is 0 Å². The summed E-state index contributed by atoms with van der Waals surface area (Å²) in [5.74, 6) is 0.190. The molecule has 3 heterocycles. The minimum absolute atomic E-state index is 0.190. The third-order valence-electron chi connectivity index (χ3n) is 4.09. The van der Waals surface area contributed by atoms with E-state index in [1.807, 2.05) is 10.3 Å². The lowest BCUT2D eigenvalue weighted by molar-refractivity contribution is -0.134. The van der Waals surface area contributed by atoms with Crippen molar-refractivity contribution in [2.24, 2.45) is 0 Å². The third kappa shape index (κ3) is 2.90. The summed E-state index contributed by atoms with van der Waals surface area (Å²) in [5, 5.41) is 2.42. The molecule has 3 rings (SSSR count). The number of aromatic nitrogens is 1. The summed E-state index contributed by atoms with van der Waals surface area (Å²) >= 11 is 1.40. The smallest absolute Gasteiger partial charge is 0.228 e. The lowest BCUT2D eigenvalue weighted by atomic mass is 9.99. The number of fused-ring (bicyclic) bond motifs is 1. The number of carbonyl (C=O) groups excluding carboxylic acids is 1. The molecule has 0 bridgehead atoms. The van der Waals surface area contributed by atoms with Crippen LogP contribution in [0.5, 0.6) is 0 Å². The van der Waals surface area contributed by atoms with Crippen molar-refractivity contribution in [3.8, 4) is 0 Å². The van der Waals surface area contributed by atoms with Gasteiger partial charge in [0, 0.05) is 31.1 Å². The summed E-state index contributed by atoms with van der Waals surface area (Å²) in [5.41, 5.74) is 6.40. The van der Waals surface area contributed by atoms with Crippen molar-refractivity contribution in [1.29, 1.82) is 0 Å². The zero-order valence-electron chi connectivity index (χ0n) is 11.0. The van der Waals surface area contributed by atoms with Gasteiger partial charge < -0.3 is 10.6 Å². The number of nitrogen functional groups attached to an aromatic ring is 1. The van der Waals surface area contributed by atoms with Crippen molar-refractivity contribution in [2.75, 3.05) is 31.9 Å². The zero-order chi connectivity index (χ0) is 13.2. The van der Waals surface area contributed by atoms with E-state index in [1.165, 1.54) is 37.1 Å². The van der Waals surface area contributed by atoms with Gasteiger partial charge in [0.15, 0.2) is 5.13 Å². The maximum Gasteiger partial charge on any atom is 0.228 e. The highest BCUT2D eigenvalue weighted by Gasteiger charge is 2.30. The zero-order valence-corrected chi connectivity index (χ0v) is 11.9. The van der Waals surface area contributed by atoms with E-state index in [-0.39, 0.29) is 5.91 Å². The van der Waals surface area contributed by atoms with Gasteiger partial charge in [-0.25, -0.2) is 4.98 Å². The molecule has 0 aliphatic carbocycles. The standard InChI is InChI=1S/C13H20N4OS/c14-13-15-10(9-19-13)7-12(18)17-6-5-16-4-2-1-3-11(16)8-17/h9,11H,1-8H2,(H2,14,15). The van der Waals surface area contributed by atoms with E-state index in [0.29, 0.717) is 17.6 Å². The van der Waals surface area contributed by atoms with Gasteiger partial charge in [-0.3, -0.25) is 9.69 Å². The summed E-state index contributed by atoms with van der Waals surface area (Å²) in [6, 6.07) is 0.576. The Labute approximate surface area is 117 Å². The molecular weight excluding hydrogens is 260 g/mol. The Bertz CT molecular complexity index is 461. The molecule has 0 spiro atoms. The fourth-order valence-corrected chi connectivity index (χ4v) is 3.62. The van der Waals surface area contributed by atoms with Gasteiger partial charge in [-0.1, -0.05) is 6.42 Å². The first-order chi connectivity index (χ1) is 9.22. The van der Waals surface area contributed by atoms with E-state index in [2.05, 4.69) is 9.88 Å². The third-order valence-corrected chi connectivity index (χ3v) is 4.81. The number of nitrogens with zero attached hydrogens (tertiary/aromatic N) is 3. The number of piperidine rings is 1. The average molecular weight is 280 g/mol. The number of hydrogen-bond acceptors (Lipinski definition) is 5. The van der Waals surface area contributed by atoms with Crippen molar-refractivity contribution in [2.45, 2.75) is 31.7 Å². The van der Waals surface area contributed by atoms with Crippen molar-refractivity contribution in [3.05, 3.63) is 11.1 Å². The van der Waals surface area contributed by atoms with Crippen LogP contribution in [0.4, 0.5) is 5.13 Å². The minimum atomic E-state index is 0.190. The van der Waals surface area contributed by atoms with Crippen LogP contribution < -0.4 is 5.73 Å². The highest BCUT2D eigenvalue weighted by molar-refractivity contribution is 7.13. The molecule has 104 valence electrons. The number of thiazole rings is 1. The molecule has 0 aromatic carbocycles. The fourth-order valence-electron chi connectivity index (χ4n) is 3.05. The molecule has 6 heteroatoms. The highest BCUT2D eigenvalue weighted by atomic mass is 32.1. The van der Waals surface area contributed by atoms with Gasteiger partial charge in [-0.15, -0.1) is 11.3 Å². The first kappa shape index (κ1) is 12.9. The van der Waals surface area contributed by atoms with Gasteiger partial charge in [0.05, 0.1) is 12.1 Å². The van der Waals surface area contributed by atoms with Crippen LogP contribution in [-0.2, 0) is 11.2 Å². The molecule has 5 nitrogen and oxygen atoms in total. The molecule has 1 aromatic heterocycles. The Balaban J connectivity index is 1.58. The Hall–Kier alpha value is -1.14. The predicted octanol–water partition coefficient (Wildman–Crippen LogP) is 0.964. The highest BCUT2D eigenvalue weighted by Crippen LogP contribution is 2.21. The molecule has 1 amide bonds. The number of rotatable bonds is 2. The van der Waals surface area contributed by atoms with Crippen LogP contribution in [0.3, 0.4) is 0 Å². The fraction of sp³-hybridized carbons (Fsp3) is 0.692. The van der Waals surface area contributed by atoms with Crippen LogP contribution in [0.15, 0.2) is 5.38 Å². The van der Waals surface area contributed by atoms with Gasteiger partial charge >= 0.3 is 0 Å². The molecule has 2 N–H and O–H groups in total. The number of hydrogen-bond donors (Lipinski definition) is 1. The lowest BCUT2D eigenvalue weighted by Gasteiger charge is -2.44. The monoisotopic (exact) mass is 280 g/mol. The maximum atomic E-state index is 12.3. The molecule has 2 saturated heterocycles. The normalized spacial score (nSPS) is 24.2. The Morgan fingerprint density at radius 2 is 2.32 bits per heavy atom. The topological polar surface area (TPSA) is 62.5 Å². The molecule has 1 atom stereocenters. The first-order valence-electron chi connectivity index (χ1n) is 6.94. The molecule has 2 fully saturated rings. The SMILES string of the molecule is Nc1nc(CC(=O)N2CCN3CCCCC3C2)cs1. The second-order valence-electron chi connectivity index (χ2n) is 5.38. The Kier molecular flexibility index (Phi) is 3.70. The number of nitrogens with two attached hydrogens (primary N) is 1. The van der Waals surface area contributed by atoms with E-state index in [9.17, 15) is 4.79 Å². The second kappa shape index (κ2) is 5.46. The molecule has 0 radical (unpaired) electrons. The molecular formula is C13H20N4OS. The van der Waals surface area contributed by atoms with Crippen molar-refractivity contribution < 1.29 is 4.79 Å². The maximum absolute atomic E-state index is 12.3. The number of piperazine rings is 1. The quantitative estimate of drug-likeness (QED) is 0.876. The van der Waals surface area contributed by atoms with Gasteiger partial charge in [-0.05, 0) is 19.4 Å². The molecule has 2 aliphatic heterocycles. The van der Waals surface area contributed by atoms with E-state index >= 15 is 0 Å². The van der Waals surface area contributed by atoms with Gasteiger partial charge in [0.25, 0.3) is 0 Å². The molecule has 2 aliphatic rings. The van der Waals surface area contributed by atoms with Crippen molar-refractivity contribution in [1.82, 2.24) is 14.8 Å². The first-order valence-corrected chi connectivity index (χ1v) is 7.82. The van der Waals surface area contributed by atoms with E-state index in [4.69, 9.17) is 5.73 Å². The summed E-state index contributed by atoms with van der Waals surface area (Å²) in [7, 11) is 0. The second-order valence-corrected chi connectivity index (χ2v) is 6.27. The van der Waals surface area contributed by atoms with Gasteiger partial charge in [-0.2, -0.15) is 0 Å². The van der Waals surface area contributed by atoms with Crippen molar-refractivity contribution >= 4 is 22.4 Å². The van der Waals surface area contributed by atoms with E-state index < -0.39 is 0 Å². The summed E-state index contributed by atoms with van der Waals surface area (Å²) in [6.45, 7) is 3.97. The minimum Gasteiger partial charge on any atom is -0.375 e. The number of anilines is 1. The molecule has 19 heavy (non-hydrogen) atoms. The van der Waals surface area contributed by atoms with Crippen LogP contribution in [0, 0.1) is 0 Å². The van der Waals surface area contributed by atoms with Crippen LogP contribution in [-0.4, -0.2) is 52.9 Å². The number of amides is 1. The molecule has 1 aromatic rings. The van der Waals surface area contributed by atoms with Gasteiger partial charge in [0.1, 0.15) is 0 Å². The van der Waals surface area contributed by atoms with Crippen LogP contribution >= 0.6 is 11.3 Å². The van der Waals surface area contributed by atoms with Crippen molar-refractivity contribution in [3.63, 3.8) is 0 Å². The van der Waals surface area contributed by atoms with E-state index in [1.54, 1.807) is 0 Å². The van der Waals surface area contributed by atoms with Crippen LogP contribution in [0.2, 0.25) is 0 Å². The Morgan fingerprint density at radius 3 is 3.11 bits per heavy atom. The van der Waals surface area contributed by atoms with Crippen LogP contribution in [0.1, 0.15) is 25.0 Å². The van der Waals surface area contributed by atoms with E-state index in [0.717, 1.165) is 25.3 Å². The summed E-state index contributed by atoms with van der Waals surface area (Å²) in [6.07, 6.45) is 4.22. The van der Waals surface area contributed by atoms with Gasteiger partial charge in [0.2, 0.25) is 5.91 Å². The summed E-state index contributed by atoms with van der Waals surface area (Å²) < 4.78 is 0. The Morgan fingerprint density at radius 1 is 1.42 bits per heavy atom. The molecule has 1 unspecified atom stereocenters. The largest absolute Gasteiger partial charge is 0.375 e. The molecule has 0 saturated carbocycles. The predicted molar refractivity (Wildman–Crippen MR) is 76.0 cm³/mol.